The normalized spacial score (nSPS) is 19.3. The summed E-state index contributed by atoms with van der Waals surface area (Å²) in [5.74, 6) is -3.11. The van der Waals surface area contributed by atoms with Gasteiger partial charge in [0.15, 0.2) is 17.3 Å². The Morgan fingerprint density at radius 3 is 2.32 bits per heavy atom. The van der Waals surface area contributed by atoms with Gasteiger partial charge in [-0.05, 0) is 26.2 Å². The predicted molar refractivity (Wildman–Crippen MR) is 71.7 cm³/mol. The Hall–Kier alpha value is -1.71. The molecule has 0 heterocycles. The SMILES string of the molecule is CC(C)=CC[C@H]1C(=O)C(O)=C(C(=O)CC(C)C)C1=O. The smallest absolute Gasteiger partial charge is 0.209 e. The molecule has 19 heavy (non-hydrogen) atoms. The summed E-state index contributed by atoms with van der Waals surface area (Å²) >= 11 is 0. The number of aliphatic hydroxyl groups is 1. The van der Waals surface area contributed by atoms with E-state index in [-0.39, 0.29) is 24.3 Å². The second kappa shape index (κ2) is 5.95. The van der Waals surface area contributed by atoms with Gasteiger partial charge in [0, 0.05) is 6.42 Å². The van der Waals surface area contributed by atoms with Gasteiger partial charge in [0.2, 0.25) is 5.78 Å². The summed E-state index contributed by atoms with van der Waals surface area (Å²) in [6, 6.07) is 0. The molecule has 4 nitrogen and oxygen atoms in total. The van der Waals surface area contributed by atoms with Crippen LogP contribution in [0.1, 0.15) is 40.5 Å². The van der Waals surface area contributed by atoms with Crippen molar-refractivity contribution >= 4 is 17.3 Å². The first kappa shape index (κ1) is 15.3. The van der Waals surface area contributed by atoms with Gasteiger partial charge in [-0.25, -0.2) is 0 Å². The van der Waals surface area contributed by atoms with Crippen LogP contribution in [0.4, 0.5) is 0 Å². The third kappa shape index (κ3) is 3.40. The molecule has 0 aromatic rings. The van der Waals surface area contributed by atoms with Gasteiger partial charge in [-0.1, -0.05) is 25.5 Å². The average Bonchev–Trinajstić information content (AvgIpc) is 2.47. The highest BCUT2D eigenvalue weighted by Crippen LogP contribution is 2.28. The first-order valence-electron chi connectivity index (χ1n) is 6.44. The molecule has 0 spiro atoms. The molecule has 0 bridgehead atoms. The van der Waals surface area contributed by atoms with Crippen LogP contribution in [0, 0.1) is 11.8 Å². The molecule has 0 aliphatic heterocycles. The zero-order valence-electron chi connectivity index (χ0n) is 11.8. The molecule has 4 heteroatoms. The lowest BCUT2D eigenvalue weighted by molar-refractivity contribution is -0.127. The summed E-state index contributed by atoms with van der Waals surface area (Å²) in [4.78, 5) is 35.8. The highest BCUT2D eigenvalue weighted by molar-refractivity contribution is 6.34. The molecule has 1 N–H and O–H groups in total. The minimum atomic E-state index is -0.930. The number of Topliss-reactive ketones (excluding diaryl/α,β-unsaturated/α-hetero) is 3. The maximum Gasteiger partial charge on any atom is 0.209 e. The van der Waals surface area contributed by atoms with Crippen molar-refractivity contribution in [1.82, 2.24) is 0 Å². The van der Waals surface area contributed by atoms with Crippen LogP contribution < -0.4 is 0 Å². The summed E-state index contributed by atoms with van der Waals surface area (Å²) in [6.45, 7) is 7.42. The first-order valence-corrected chi connectivity index (χ1v) is 6.44. The van der Waals surface area contributed by atoms with E-state index < -0.39 is 29.0 Å². The maximum absolute atomic E-state index is 12.1. The minimum Gasteiger partial charge on any atom is -0.504 e. The molecule has 104 valence electrons. The molecule has 0 radical (unpaired) electrons. The standard InChI is InChI=1S/C15H20O4/c1-8(2)5-6-10-13(17)12(15(19)14(10)18)11(16)7-9(3)4/h5,9-10,19H,6-7H2,1-4H3/t10-/m1/s1. The summed E-state index contributed by atoms with van der Waals surface area (Å²) in [6.07, 6.45) is 2.17. The Kier molecular flexibility index (Phi) is 4.81. The summed E-state index contributed by atoms with van der Waals surface area (Å²) < 4.78 is 0. The van der Waals surface area contributed by atoms with Gasteiger partial charge >= 0.3 is 0 Å². The predicted octanol–water partition coefficient (Wildman–Crippen LogP) is 2.54. The van der Waals surface area contributed by atoms with Crippen molar-refractivity contribution in [1.29, 1.82) is 0 Å². The monoisotopic (exact) mass is 264 g/mol. The van der Waals surface area contributed by atoms with Gasteiger partial charge in [-0.3, -0.25) is 14.4 Å². The number of carbonyl (C=O) groups excluding carboxylic acids is 3. The van der Waals surface area contributed by atoms with Crippen LogP contribution in [0.15, 0.2) is 23.0 Å². The second-order valence-corrected chi connectivity index (χ2v) is 5.54. The highest BCUT2D eigenvalue weighted by atomic mass is 16.3. The van der Waals surface area contributed by atoms with Crippen LogP contribution in [0.5, 0.6) is 0 Å². The van der Waals surface area contributed by atoms with Crippen molar-refractivity contribution in [2.24, 2.45) is 11.8 Å². The molecular formula is C15H20O4. The van der Waals surface area contributed by atoms with Crippen LogP contribution in [0.2, 0.25) is 0 Å². The molecule has 0 amide bonds. The second-order valence-electron chi connectivity index (χ2n) is 5.54. The molecule has 0 unspecified atom stereocenters. The highest BCUT2D eigenvalue weighted by Gasteiger charge is 2.43. The zero-order valence-corrected chi connectivity index (χ0v) is 11.8. The fourth-order valence-corrected chi connectivity index (χ4v) is 2.01. The van der Waals surface area contributed by atoms with E-state index in [1.54, 1.807) is 6.08 Å². The number of hydrogen-bond donors (Lipinski definition) is 1. The number of hydrogen-bond acceptors (Lipinski definition) is 4. The Morgan fingerprint density at radius 2 is 1.84 bits per heavy atom. The topological polar surface area (TPSA) is 71.4 Å². The van der Waals surface area contributed by atoms with Crippen LogP contribution in [-0.2, 0) is 14.4 Å². The number of allylic oxidation sites excluding steroid dienone is 4. The van der Waals surface area contributed by atoms with Gasteiger partial charge in [-0.15, -0.1) is 0 Å². The van der Waals surface area contributed by atoms with Crippen molar-refractivity contribution in [3.8, 4) is 0 Å². The Morgan fingerprint density at radius 1 is 1.26 bits per heavy atom. The van der Waals surface area contributed by atoms with Crippen LogP contribution >= 0.6 is 0 Å². The molecule has 0 aromatic carbocycles. The molecule has 0 aromatic heterocycles. The van der Waals surface area contributed by atoms with E-state index in [1.165, 1.54) is 0 Å². The first-order chi connectivity index (χ1) is 8.75. The van der Waals surface area contributed by atoms with Gasteiger partial charge in [0.25, 0.3) is 0 Å². The number of aliphatic hydroxyl groups excluding tert-OH is 1. The quantitative estimate of drug-likeness (QED) is 0.470. The molecule has 1 aliphatic carbocycles. The van der Waals surface area contributed by atoms with E-state index in [0.29, 0.717) is 0 Å². The van der Waals surface area contributed by atoms with E-state index in [2.05, 4.69) is 0 Å². The minimum absolute atomic E-state index is 0.0764. The van der Waals surface area contributed by atoms with E-state index in [4.69, 9.17) is 0 Å². The molecule has 1 aliphatic rings. The molecule has 0 saturated carbocycles. The third-order valence-electron chi connectivity index (χ3n) is 2.98. The lowest BCUT2D eigenvalue weighted by Gasteiger charge is -2.05. The molecule has 1 rings (SSSR count). The molecule has 1 atom stereocenters. The number of carbonyl (C=O) groups is 3. The lowest BCUT2D eigenvalue weighted by Crippen LogP contribution is -2.19. The van der Waals surface area contributed by atoms with Crippen molar-refractivity contribution in [3.63, 3.8) is 0 Å². The van der Waals surface area contributed by atoms with Gasteiger partial charge in [-0.2, -0.15) is 0 Å². The summed E-state index contributed by atoms with van der Waals surface area (Å²) in [7, 11) is 0. The fourth-order valence-electron chi connectivity index (χ4n) is 2.01. The Balaban J connectivity index is 2.96. The van der Waals surface area contributed by atoms with Crippen LogP contribution in [0.3, 0.4) is 0 Å². The van der Waals surface area contributed by atoms with E-state index in [1.807, 2.05) is 27.7 Å². The van der Waals surface area contributed by atoms with Crippen LogP contribution in [0.25, 0.3) is 0 Å². The molecule has 0 saturated heterocycles. The number of rotatable bonds is 5. The average molecular weight is 264 g/mol. The van der Waals surface area contributed by atoms with E-state index in [0.717, 1.165) is 5.57 Å². The third-order valence-corrected chi connectivity index (χ3v) is 2.98. The van der Waals surface area contributed by atoms with Crippen molar-refractivity contribution < 1.29 is 19.5 Å². The maximum atomic E-state index is 12.1. The lowest BCUT2D eigenvalue weighted by atomic mass is 9.94. The molecular weight excluding hydrogens is 244 g/mol. The molecule has 0 fully saturated rings. The summed E-state index contributed by atoms with van der Waals surface area (Å²) in [5.41, 5.74) is 0.688. The van der Waals surface area contributed by atoms with Crippen molar-refractivity contribution in [3.05, 3.63) is 23.0 Å². The Bertz CT molecular complexity index is 476. The van der Waals surface area contributed by atoms with Crippen LogP contribution in [-0.4, -0.2) is 22.5 Å². The van der Waals surface area contributed by atoms with Crippen molar-refractivity contribution in [2.75, 3.05) is 0 Å². The van der Waals surface area contributed by atoms with E-state index in [9.17, 15) is 19.5 Å². The van der Waals surface area contributed by atoms with E-state index >= 15 is 0 Å². The Labute approximate surface area is 113 Å². The van der Waals surface area contributed by atoms with Gasteiger partial charge in [0.1, 0.15) is 5.57 Å². The number of ketones is 3. The summed E-state index contributed by atoms with van der Waals surface area (Å²) in [5, 5.41) is 9.71. The van der Waals surface area contributed by atoms with Gasteiger partial charge in [0.05, 0.1) is 5.92 Å². The zero-order chi connectivity index (χ0) is 14.7. The fraction of sp³-hybridized carbons (Fsp3) is 0.533. The largest absolute Gasteiger partial charge is 0.504 e. The van der Waals surface area contributed by atoms with Gasteiger partial charge < -0.3 is 5.11 Å². The van der Waals surface area contributed by atoms with Crippen molar-refractivity contribution in [2.45, 2.75) is 40.5 Å².